The number of fused-ring (bicyclic) bond motifs is 1. The first kappa shape index (κ1) is 17.2. The average molecular weight is 330 g/mol. The third-order valence-electron chi connectivity index (χ3n) is 3.30. The Hall–Kier alpha value is -1.20. The van der Waals surface area contributed by atoms with Gasteiger partial charge in [-0.25, -0.2) is 5.43 Å². The third-order valence-corrected chi connectivity index (χ3v) is 4.57. The molecular weight excluding hydrogens is 312 g/mol. The second-order valence-corrected chi connectivity index (χ2v) is 6.04. The van der Waals surface area contributed by atoms with Crippen molar-refractivity contribution in [2.75, 3.05) is 6.61 Å². The smallest absolute Gasteiger partial charge is 0.266 e. The third kappa shape index (κ3) is 3.58. The van der Waals surface area contributed by atoms with Gasteiger partial charge in [0.25, 0.3) is 5.91 Å². The van der Waals surface area contributed by atoms with Crippen LogP contribution in [0.4, 0.5) is 0 Å². The first-order valence-corrected chi connectivity index (χ1v) is 7.48. The molecule has 8 nitrogen and oxygen atoms in total. The number of hydrogen-bond acceptors (Lipinski definition) is 8. The minimum atomic E-state index is -1.73. The van der Waals surface area contributed by atoms with Gasteiger partial charge in [-0.15, -0.1) is 11.8 Å². The number of carbonyl (C=O) groups is 1. The summed E-state index contributed by atoms with van der Waals surface area (Å²) in [4.78, 5) is 12.5. The molecule has 0 bridgehead atoms. The Morgan fingerprint density at radius 2 is 1.82 bits per heavy atom. The van der Waals surface area contributed by atoms with E-state index in [9.17, 15) is 25.2 Å². The van der Waals surface area contributed by atoms with Crippen LogP contribution in [0.2, 0.25) is 0 Å². The molecule has 22 heavy (non-hydrogen) atoms. The van der Waals surface area contributed by atoms with Crippen molar-refractivity contribution >= 4 is 17.7 Å². The Kier molecular flexibility index (Phi) is 5.75. The van der Waals surface area contributed by atoms with Crippen molar-refractivity contribution < 1.29 is 30.3 Å². The quantitative estimate of drug-likeness (QED) is 0.322. The summed E-state index contributed by atoms with van der Waals surface area (Å²) in [5.41, 5.74) is 5.38. The van der Waals surface area contributed by atoms with E-state index in [1.807, 2.05) is 0 Å². The van der Waals surface area contributed by atoms with Gasteiger partial charge in [0.15, 0.2) is 0 Å². The Morgan fingerprint density at radius 3 is 2.50 bits per heavy atom. The van der Waals surface area contributed by atoms with Crippen LogP contribution in [0.5, 0.6) is 0 Å². The molecule has 0 aliphatic carbocycles. The van der Waals surface area contributed by atoms with Gasteiger partial charge in [-0.1, -0.05) is 12.1 Å². The Bertz CT molecular complexity index is 531. The number of amides is 1. The molecule has 9 heteroatoms. The molecular formula is C13H18N2O6S. The highest BCUT2D eigenvalue weighted by Crippen LogP contribution is 2.30. The Morgan fingerprint density at radius 1 is 1.14 bits per heavy atom. The molecule has 122 valence electrons. The molecule has 2 rings (SSSR count). The minimum Gasteiger partial charge on any atom is -0.394 e. The van der Waals surface area contributed by atoms with Crippen molar-refractivity contribution in [2.45, 2.75) is 34.7 Å². The SMILES string of the molecule is O=C1NNC([C@@H](O)[C@@H](O)[C@H](O)[C@H](O)CO)Sc2ccccc21. The van der Waals surface area contributed by atoms with E-state index in [0.717, 1.165) is 11.8 Å². The lowest BCUT2D eigenvalue weighted by Crippen LogP contribution is -2.55. The van der Waals surface area contributed by atoms with Gasteiger partial charge in [0.05, 0.1) is 12.2 Å². The highest BCUT2D eigenvalue weighted by Gasteiger charge is 2.36. The van der Waals surface area contributed by atoms with Crippen LogP contribution in [-0.4, -0.2) is 67.8 Å². The van der Waals surface area contributed by atoms with Crippen LogP contribution in [0, 0.1) is 0 Å². The lowest BCUT2D eigenvalue weighted by atomic mass is 10.0. The maximum atomic E-state index is 11.9. The second kappa shape index (κ2) is 7.38. The zero-order chi connectivity index (χ0) is 16.3. The fourth-order valence-electron chi connectivity index (χ4n) is 2.00. The molecule has 7 N–H and O–H groups in total. The van der Waals surface area contributed by atoms with Crippen LogP contribution in [-0.2, 0) is 0 Å². The fourth-order valence-corrected chi connectivity index (χ4v) is 3.14. The first-order chi connectivity index (χ1) is 10.5. The van der Waals surface area contributed by atoms with Crippen LogP contribution in [0.1, 0.15) is 10.4 Å². The molecule has 0 spiro atoms. The van der Waals surface area contributed by atoms with Gasteiger partial charge < -0.3 is 25.5 Å². The van der Waals surface area contributed by atoms with Gasteiger partial charge in [0.1, 0.15) is 29.8 Å². The maximum Gasteiger partial charge on any atom is 0.266 e. The van der Waals surface area contributed by atoms with Gasteiger partial charge in [0, 0.05) is 4.90 Å². The van der Waals surface area contributed by atoms with Crippen LogP contribution in [0.3, 0.4) is 0 Å². The van der Waals surface area contributed by atoms with Gasteiger partial charge in [-0.3, -0.25) is 10.2 Å². The number of aliphatic hydroxyl groups excluding tert-OH is 5. The predicted molar refractivity (Wildman–Crippen MR) is 77.8 cm³/mol. The normalized spacial score (nSPS) is 23.7. The van der Waals surface area contributed by atoms with Crippen molar-refractivity contribution in [1.82, 2.24) is 10.9 Å². The summed E-state index contributed by atoms with van der Waals surface area (Å²) in [5.74, 6) is -0.386. The molecule has 1 aliphatic heterocycles. The number of nitrogens with one attached hydrogen (secondary N) is 2. The highest BCUT2D eigenvalue weighted by molar-refractivity contribution is 8.00. The number of hydrazine groups is 1. The lowest BCUT2D eigenvalue weighted by Gasteiger charge is -2.30. The van der Waals surface area contributed by atoms with Gasteiger partial charge in [-0.05, 0) is 12.1 Å². The maximum absolute atomic E-state index is 11.9. The monoisotopic (exact) mass is 330 g/mol. The molecule has 1 amide bonds. The van der Waals surface area contributed by atoms with Crippen LogP contribution < -0.4 is 10.9 Å². The van der Waals surface area contributed by atoms with Crippen LogP contribution in [0.15, 0.2) is 29.2 Å². The molecule has 1 heterocycles. The van der Waals surface area contributed by atoms with E-state index in [2.05, 4.69) is 10.9 Å². The summed E-state index contributed by atoms with van der Waals surface area (Å²) in [5, 5.41) is 47.0. The van der Waals surface area contributed by atoms with Crippen molar-refractivity contribution in [3.05, 3.63) is 29.8 Å². The van der Waals surface area contributed by atoms with E-state index in [4.69, 9.17) is 5.11 Å². The first-order valence-electron chi connectivity index (χ1n) is 6.60. The van der Waals surface area contributed by atoms with Gasteiger partial charge in [0.2, 0.25) is 0 Å². The molecule has 1 aromatic rings. The molecule has 0 fully saturated rings. The molecule has 0 radical (unpaired) electrons. The van der Waals surface area contributed by atoms with E-state index < -0.39 is 36.4 Å². The van der Waals surface area contributed by atoms with Crippen molar-refractivity contribution in [3.63, 3.8) is 0 Å². The van der Waals surface area contributed by atoms with Gasteiger partial charge in [-0.2, -0.15) is 0 Å². The topological polar surface area (TPSA) is 142 Å². The van der Waals surface area contributed by atoms with Crippen molar-refractivity contribution in [2.24, 2.45) is 0 Å². The van der Waals surface area contributed by atoms with E-state index in [0.29, 0.717) is 10.5 Å². The van der Waals surface area contributed by atoms with Crippen LogP contribution >= 0.6 is 11.8 Å². The summed E-state index contributed by atoms with van der Waals surface area (Å²) < 4.78 is 0. The summed E-state index contributed by atoms with van der Waals surface area (Å²) in [6.45, 7) is -0.754. The molecule has 0 saturated heterocycles. The fraction of sp³-hybridized carbons (Fsp3) is 0.462. The zero-order valence-corrected chi connectivity index (χ0v) is 12.3. The number of aliphatic hydroxyl groups is 5. The number of carbonyl (C=O) groups excluding carboxylic acids is 1. The average Bonchev–Trinajstić information content (AvgIpc) is 2.71. The number of rotatable bonds is 5. The molecule has 1 unspecified atom stereocenters. The molecule has 0 aromatic heterocycles. The Labute approximate surface area is 130 Å². The molecule has 0 saturated carbocycles. The summed E-state index contributed by atoms with van der Waals surface area (Å²) >= 11 is 1.10. The minimum absolute atomic E-state index is 0.386. The van der Waals surface area contributed by atoms with E-state index in [1.54, 1.807) is 24.3 Å². The number of thioether (sulfide) groups is 1. The standard InChI is InChI=1S/C13H18N2O6S/c16-5-7(17)9(18)10(19)11(20)13-15-14-12(21)6-3-1-2-4-8(6)22-13/h1-4,7,9-11,13,15-20H,5H2,(H,14,21)/t7-,9-,10+,11+,13?/m1/s1. The number of hydrogen-bond donors (Lipinski definition) is 7. The molecule has 5 atom stereocenters. The van der Waals surface area contributed by atoms with E-state index in [-0.39, 0.29) is 5.91 Å². The summed E-state index contributed by atoms with van der Waals surface area (Å²) in [6.07, 6.45) is -6.53. The predicted octanol–water partition coefficient (Wildman–Crippen LogP) is -2.21. The van der Waals surface area contributed by atoms with Crippen molar-refractivity contribution in [1.29, 1.82) is 0 Å². The van der Waals surface area contributed by atoms with Crippen molar-refractivity contribution in [3.8, 4) is 0 Å². The molecule has 1 aromatic carbocycles. The highest BCUT2D eigenvalue weighted by atomic mass is 32.2. The molecule has 1 aliphatic rings. The summed E-state index contributed by atoms with van der Waals surface area (Å²) in [7, 11) is 0. The van der Waals surface area contributed by atoms with E-state index in [1.165, 1.54) is 0 Å². The Balaban J connectivity index is 2.14. The zero-order valence-electron chi connectivity index (χ0n) is 11.5. The largest absolute Gasteiger partial charge is 0.394 e. The summed E-state index contributed by atoms with van der Waals surface area (Å²) in [6, 6.07) is 6.74. The second-order valence-electron chi connectivity index (χ2n) is 4.85. The van der Waals surface area contributed by atoms with Gasteiger partial charge >= 0.3 is 0 Å². The lowest BCUT2D eigenvalue weighted by molar-refractivity contribution is -0.116. The van der Waals surface area contributed by atoms with Crippen LogP contribution in [0.25, 0.3) is 0 Å². The van der Waals surface area contributed by atoms with E-state index >= 15 is 0 Å². The number of benzene rings is 1.